The Labute approximate surface area is 226 Å². The van der Waals surface area contributed by atoms with Crippen LogP contribution >= 0.6 is 0 Å². The molecule has 2 heterocycles. The molecule has 3 fully saturated rings. The molecule has 1 saturated carbocycles. The van der Waals surface area contributed by atoms with E-state index in [1.54, 1.807) is 0 Å². The van der Waals surface area contributed by atoms with Crippen molar-refractivity contribution in [3.8, 4) is 5.75 Å². The normalized spacial score (nSPS) is 20.5. The van der Waals surface area contributed by atoms with Gasteiger partial charge in [-0.2, -0.15) is 0 Å². The number of likely N-dealkylation sites (N-methyl/N-ethyl adjacent to an activating group) is 1. The number of aliphatic carboxylic acids is 4. The molecule has 4 N–H and O–H groups in total. The number of carboxylic acid groups (broad SMARTS) is 4. The van der Waals surface area contributed by atoms with Crippen molar-refractivity contribution in [2.24, 2.45) is 11.8 Å². The zero-order valence-corrected chi connectivity index (χ0v) is 22.0. The lowest BCUT2D eigenvalue weighted by Crippen LogP contribution is -2.47. The first-order chi connectivity index (χ1) is 18.5. The molecule has 39 heavy (non-hydrogen) atoms. The summed E-state index contributed by atoms with van der Waals surface area (Å²) in [7, 11) is 2.10. The summed E-state index contributed by atoms with van der Waals surface area (Å²) in [5.74, 6) is -4.36. The molecule has 0 aromatic heterocycles. The smallest absolute Gasteiger partial charge is 0.414 e. The van der Waals surface area contributed by atoms with Crippen molar-refractivity contribution in [3.63, 3.8) is 0 Å². The molecule has 0 radical (unpaired) electrons. The number of hydrogen-bond donors (Lipinski definition) is 4. The number of benzene rings is 1. The number of amides is 1. The summed E-state index contributed by atoms with van der Waals surface area (Å²) in [6.07, 6.45) is 5.40. The highest BCUT2D eigenvalue weighted by Gasteiger charge is 2.35. The molecule has 1 aromatic rings. The largest absolute Gasteiger partial charge is 0.494 e. The minimum absolute atomic E-state index is 0.134. The third kappa shape index (κ3) is 10.9. The fraction of sp³-hybridized carbons (Fsp3) is 0.577. The van der Waals surface area contributed by atoms with Gasteiger partial charge in [0, 0.05) is 51.4 Å². The third-order valence-electron chi connectivity index (χ3n) is 6.95. The Balaban J connectivity index is 0.000000374. The SMILES string of the molecule is CN1CCN(C(=O)c2ccc(OCCCN3CC4CCCC4C3)cc2)CC1.O=C(O)C(=O)O.O=C(O)C(=O)O. The Morgan fingerprint density at radius 1 is 0.795 bits per heavy atom. The van der Waals surface area contributed by atoms with Gasteiger partial charge in [0.2, 0.25) is 0 Å². The molecule has 4 rings (SSSR count). The lowest BCUT2D eigenvalue weighted by molar-refractivity contribution is -0.159. The van der Waals surface area contributed by atoms with Crippen molar-refractivity contribution in [1.29, 1.82) is 0 Å². The predicted molar refractivity (Wildman–Crippen MR) is 138 cm³/mol. The second-order valence-corrected chi connectivity index (χ2v) is 9.75. The molecule has 0 bridgehead atoms. The Kier molecular flexibility index (Phi) is 12.6. The van der Waals surface area contributed by atoms with E-state index in [4.69, 9.17) is 44.3 Å². The first-order valence-corrected chi connectivity index (χ1v) is 12.8. The van der Waals surface area contributed by atoms with Crippen LogP contribution in [0, 0.1) is 11.8 Å². The molecule has 2 atom stereocenters. The number of likely N-dealkylation sites (tertiary alicyclic amines) is 1. The lowest BCUT2D eigenvalue weighted by atomic mass is 10.0. The topological polar surface area (TPSA) is 185 Å². The van der Waals surface area contributed by atoms with Gasteiger partial charge >= 0.3 is 23.9 Å². The number of carbonyl (C=O) groups excluding carboxylic acids is 1. The van der Waals surface area contributed by atoms with Gasteiger partial charge in [-0.25, -0.2) is 19.2 Å². The highest BCUT2D eigenvalue weighted by atomic mass is 16.5. The standard InChI is InChI=1S/C22H33N3O2.2C2H2O4/c1-23-11-13-25(14-12-23)22(26)18-6-8-21(9-7-18)27-15-3-10-24-16-19-4-2-5-20(19)17-24;2*3-1(4)2(5)6/h6-9,19-20H,2-5,10-17H2,1H3;2*(H,3,4)(H,5,6). The van der Waals surface area contributed by atoms with E-state index in [1.807, 2.05) is 29.2 Å². The van der Waals surface area contributed by atoms with Crippen molar-refractivity contribution in [1.82, 2.24) is 14.7 Å². The van der Waals surface area contributed by atoms with Crippen LogP contribution < -0.4 is 4.74 Å². The van der Waals surface area contributed by atoms with Gasteiger partial charge in [0.05, 0.1) is 6.61 Å². The van der Waals surface area contributed by atoms with E-state index in [0.717, 1.165) is 68.9 Å². The van der Waals surface area contributed by atoms with Gasteiger partial charge in [-0.05, 0) is 62.4 Å². The number of ether oxygens (including phenoxy) is 1. The summed E-state index contributed by atoms with van der Waals surface area (Å²) in [4.78, 5) is 55.8. The lowest BCUT2D eigenvalue weighted by Gasteiger charge is -2.32. The van der Waals surface area contributed by atoms with E-state index in [9.17, 15) is 4.79 Å². The molecule has 2 unspecified atom stereocenters. The van der Waals surface area contributed by atoms with Crippen LogP contribution in [-0.2, 0) is 19.2 Å². The van der Waals surface area contributed by atoms with E-state index in [0.29, 0.717) is 0 Å². The van der Waals surface area contributed by atoms with Gasteiger partial charge < -0.3 is 39.9 Å². The van der Waals surface area contributed by atoms with E-state index in [2.05, 4.69) is 16.8 Å². The number of piperazine rings is 1. The van der Waals surface area contributed by atoms with E-state index < -0.39 is 23.9 Å². The van der Waals surface area contributed by atoms with Crippen molar-refractivity contribution in [2.45, 2.75) is 25.7 Å². The first-order valence-electron chi connectivity index (χ1n) is 12.8. The number of rotatable bonds is 6. The van der Waals surface area contributed by atoms with Crippen molar-refractivity contribution >= 4 is 29.8 Å². The zero-order chi connectivity index (χ0) is 28.9. The Hall–Kier alpha value is -3.71. The number of carbonyl (C=O) groups is 5. The van der Waals surface area contributed by atoms with Crippen LogP contribution in [0.4, 0.5) is 0 Å². The van der Waals surface area contributed by atoms with Crippen molar-refractivity contribution < 1.29 is 49.1 Å². The minimum Gasteiger partial charge on any atom is -0.494 e. The molecule has 3 aliphatic rings. The molecule has 2 saturated heterocycles. The summed E-state index contributed by atoms with van der Waals surface area (Å²) in [6.45, 7) is 8.01. The van der Waals surface area contributed by atoms with E-state index in [-0.39, 0.29) is 5.91 Å². The van der Waals surface area contributed by atoms with Crippen LogP contribution in [0.1, 0.15) is 36.0 Å². The molecular formula is C26H37N3O10. The maximum atomic E-state index is 12.6. The monoisotopic (exact) mass is 551 g/mol. The summed E-state index contributed by atoms with van der Waals surface area (Å²) in [5.41, 5.74) is 0.760. The Morgan fingerprint density at radius 2 is 1.28 bits per heavy atom. The summed E-state index contributed by atoms with van der Waals surface area (Å²) in [6, 6.07) is 7.67. The van der Waals surface area contributed by atoms with Crippen LogP contribution in [0.5, 0.6) is 5.75 Å². The Bertz CT molecular complexity index is 932. The van der Waals surface area contributed by atoms with Gasteiger partial charge in [-0.1, -0.05) is 6.42 Å². The van der Waals surface area contributed by atoms with Gasteiger partial charge in [-0.3, -0.25) is 4.79 Å². The summed E-state index contributed by atoms with van der Waals surface area (Å²) >= 11 is 0. The average Bonchev–Trinajstić information content (AvgIpc) is 3.50. The number of carboxylic acids is 4. The van der Waals surface area contributed by atoms with Gasteiger partial charge in [-0.15, -0.1) is 0 Å². The van der Waals surface area contributed by atoms with Gasteiger partial charge in [0.1, 0.15) is 5.75 Å². The Morgan fingerprint density at radius 3 is 1.74 bits per heavy atom. The first kappa shape index (κ1) is 31.5. The highest BCUT2D eigenvalue weighted by molar-refractivity contribution is 6.27. The molecule has 1 aliphatic carbocycles. The van der Waals surface area contributed by atoms with Crippen molar-refractivity contribution in [3.05, 3.63) is 29.8 Å². The van der Waals surface area contributed by atoms with E-state index >= 15 is 0 Å². The van der Waals surface area contributed by atoms with Crippen LogP contribution in [0.15, 0.2) is 24.3 Å². The minimum atomic E-state index is -1.82. The molecule has 1 aromatic carbocycles. The predicted octanol–water partition coefficient (Wildman–Crippen LogP) is 0.886. The van der Waals surface area contributed by atoms with Gasteiger partial charge in [0.15, 0.2) is 0 Å². The maximum Gasteiger partial charge on any atom is 0.414 e. The highest BCUT2D eigenvalue weighted by Crippen LogP contribution is 2.37. The molecule has 0 spiro atoms. The average molecular weight is 552 g/mol. The molecule has 13 heteroatoms. The molecule has 1 amide bonds. The molecule has 13 nitrogen and oxygen atoms in total. The fourth-order valence-electron chi connectivity index (χ4n) is 4.88. The summed E-state index contributed by atoms with van der Waals surface area (Å²) < 4.78 is 5.90. The van der Waals surface area contributed by atoms with Crippen LogP contribution in [0.25, 0.3) is 0 Å². The second kappa shape index (κ2) is 15.6. The molecule has 216 valence electrons. The number of nitrogens with zero attached hydrogens (tertiary/aromatic N) is 3. The number of hydrogen-bond acceptors (Lipinski definition) is 8. The van der Waals surface area contributed by atoms with E-state index in [1.165, 1.54) is 32.4 Å². The number of fused-ring (bicyclic) bond motifs is 1. The van der Waals surface area contributed by atoms with Crippen molar-refractivity contribution in [2.75, 3.05) is 59.5 Å². The zero-order valence-electron chi connectivity index (χ0n) is 22.0. The fourth-order valence-corrected chi connectivity index (χ4v) is 4.88. The second-order valence-electron chi connectivity index (χ2n) is 9.75. The third-order valence-corrected chi connectivity index (χ3v) is 6.95. The van der Waals surface area contributed by atoms with Gasteiger partial charge in [0.25, 0.3) is 5.91 Å². The van der Waals surface area contributed by atoms with Crippen LogP contribution in [0.2, 0.25) is 0 Å². The molecular weight excluding hydrogens is 514 g/mol. The quantitative estimate of drug-likeness (QED) is 0.289. The van der Waals surface area contributed by atoms with Crippen LogP contribution in [0.3, 0.4) is 0 Å². The summed E-state index contributed by atoms with van der Waals surface area (Å²) in [5, 5.41) is 29.6. The van der Waals surface area contributed by atoms with Crippen LogP contribution in [-0.4, -0.2) is 124 Å². The maximum absolute atomic E-state index is 12.6. The molecule has 2 aliphatic heterocycles.